The first-order valence-electron chi connectivity index (χ1n) is 8.53. The summed E-state index contributed by atoms with van der Waals surface area (Å²) in [7, 11) is 5.36. The predicted molar refractivity (Wildman–Crippen MR) is 111 cm³/mol. The van der Waals surface area contributed by atoms with Gasteiger partial charge in [0.05, 0.1) is 17.9 Å². The summed E-state index contributed by atoms with van der Waals surface area (Å²) < 4.78 is 7.29. The van der Waals surface area contributed by atoms with Gasteiger partial charge in [-0.1, -0.05) is 0 Å². The lowest BCUT2D eigenvalue weighted by atomic mass is 10.1. The fourth-order valence-corrected chi connectivity index (χ4v) is 3.05. The number of rotatable bonds is 4. The van der Waals surface area contributed by atoms with E-state index in [0.717, 1.165) is 5.69 Å². The number of nitrogens with one attached hydrogen (secondary N) is 2. The third-order valence-electron chi connectivity index (χ3n) is 4.29. The number of aryl methyl sites for hydroxylation is 2. The smallest absolute Gasteiger partial charge is 0.277 e. The molecule has 0 aliphatic rings. The second-order valence-electron chi connectivity index (χ2n) is 6.05. The van der Waals surface area contributed by atoms with Crippen LogP contribution in [0.25, 0.3) is 22.4 Å². The van der Waals surface area contributed by atoms with E-state index >= 15 is 0 Å². The van der Waals surface area contributed by atoms with Crippen molar-refractivity contribution in [1.82, 2.24) is 25.1 Å². The second-order valence-corrected chi connectivity index (χ2v) is 6.44. The number of ether oxygens (including phenoxy) is 1. The zero-order valence-corrected chi connectivity index (χ0v) is 16.8. The zero-order chi connectivity index (χ0) is 19.7. The maximum atomic E-state index is 12.6. The minimum Gasteiger partial charge on any atom is -0.493 e. The van der Waals surface area contributed by atoms with Crippen molar-refractivity contribution >= 4 is 34.1 Å². The highest BCUT2D eigenvalue weighted by atomic mass is 32.1. The van der Waals surface area contributed by atoms with Gasteiger partial charge in [-0.15, -0.1) is 0 Å². The SMILES string of the molecule is CCOc1ccc(N(C)C(=S)NC)cc1-c1nc2c(C)nn(C)c2c(=O)[nH]1. The van der Waals surface area contributed by atoms with E-state index < -0.39 is 0 Å². The van der Waals surface area contributed by atoms with Crippen molar-refractivity contribution in [2.75, 3.05) is 25.6 Å². The third kappa shape index (κ3) is 3.37. The lowest BCUT2D eigenvalue weighted by molar-refractivity contribution is 0.341. The minimum absolute atomic E-state index is 0.245. The van der Waals surface area contributed by atoms with E-state index in [1.807, 2.05) is 44.0 Å². The van der Waals surface area contributed by atoms with Crippen molar-refractivity contribution in [1.29, 1.82) is 0 Å². The van der Waals surface area contributed by atoms with E-state index in [9.17, 15) is 4.79 Å². The van der Waals surface area contributed by atoms with Gasteiger partial charge in [-0.25, -0.2) is 4.98 Å². The summed E-state index contributed by atoms with van der Waals surface area (Å²) in [5.41, 5.74) is 3.00. The van der Waals surface area contributed by atoms with E-state index in [0.29, 0.717) is 45.6 Å². The number of H-pyrrole nitrogens is 1. The summed E-state index contributed by atoms with van der Waals surface area (Å²) in [5.74, 6) is 1.06. The number of fused-ring (bicyclic) bond motifs is 1. The molecule has 0 unspecified atom stereocenters. The first-order valence-corrected chi connectivity index (χ1v) is 8.94. The predicted octanol–water partition coefficient (Wildman–Crippen LogP) is 1.97. The quantitative estimate of drug-likeness (QED) is 0.663. The van der Waals surface area contributed by atoms with Gasteiger partial charge in [0, 0.05) is 26.8 Å². The van der Waals surface area contributed by atoms with Crippen molar-refractivity contribution in [2.24, 2.45) is 7.05 Å². The molecule has 27 heavy (non-hydrogen) atoms. The average molecular weight is 386 g/mol. The highest BCUT2D eigenvalue weighted by molar-refractivity contribution is 7.80. The molecule has 0 aliphatic carbocycles. The van der Waals surface area contributed by atoms with Crippen molar-refractivity contribution in [2.45, 2.75) is 13.8 Å². The number of nitrogens with zero attached hydrogens (tertiary/aromatic N) is 4. The van der Waals surface area contributed by atoms with Crippen LogP contribution in [0.5, 0.6) is 5.75 Å². The Hall–Kier alpha value is -2.94. The Bertz CT molecular complexity index is 1070. The van der Waals surface area contributed by atoms with Crippen LogP contribution in [0.4, 0.5) is 5.69 Å². The monoisotopic (exact) mass is 386 g/mol. The summed E-state index contributed by atoms with van der Waals surface area (Å²) >= 11 is 5.31. The fraction of sp³-hybridized carbons (Fsp3) is 0.333. The van der Waals surface area contributed by atoms with Gasteiger partial charge in [-0.3, -0.25) is 9.48 Å². The molecule has 3 rings (SSSR count). The molecule has 8 nitrogen and oxygen atoms in total. The number of aromatic amines is 1. The normalized spacial score (nSPS) is 10.9. The van der Waals surface area contributed by atoms with Crippen LogP contribution in [0.15, 0.2) is 23.0 Å². The molecule has 0 atom stereocenters. The molecule has 0 saturated heterocycles. The van der Waals surface area contributed by atoms with Gasteiger partial charge in [0.25, 0.3) is 5.56 Å². The summed E-state index contributed by atoms with van der Waals surface area (Å²) in [4.78, 5) is 21.9. The number of aromatic nitrogens is 4. The molecule has 0 bridgehead atoms. The van der Waals surface area contributed by atoms with Crippen LogP contribution >= 0.6 is 12.2 Å². The van der Waals surface area contributed by atoms with Crippen LogP contribution in [0.1, 0.15) is 12.6 Å². The van der Waals surface area contributed by atoms with Gasteiger partial charge in [0.2, 0.25) is 0 Å². The van der Waals surface area contributed by atoms with E-state index in [-0.39, 0.29) is 5.56 Å². The standard InChI is InChI=1S/C18H22N6O2S/c1-6-26-13-8-7-11(23(4)18(27)19-3)9-12(13)16-20-14-10(2)22-24(5)15(14)17(25)21-16/h7-9H,6H2,1-5H3,(H,19,27)(H,20,21,25). The van der Waals surface area contributed by atoms with Crippen LogP contribution in [0.3, 0.4) is 0 Å². The summed E-state index contributed by atoms with van der Waals surface area (Å²) in [5, 5.41) is 7.82. The maximum Gasteiger partial charge on any atom is 0.277 e. The molecule has 0 amide bonds. The minimum atomic E-state index is -0.245. The van der Waals surface area contributed by atoms with Gasteiger partial charge < -0.3 is 19.9 Å². The summed E-state index contributed by atoms with van der Waals surface area (Å²) in [6, 6.07) is 5.65. The van der Waals surface area contributed by atoms with E-state index in [1.54, 1.807) is 18.8 Å². The molecule has 2 heterocycles. The Kier molecular flexibility index (Phi) is 5.13. The fourth-order valence-electron chi connectivity index (χ4n) is 2.95. The molecule has 0 aliphatic heterocycles. The Morgan fingerprint density at radius 2 is 2.19 bits per heavy atom. The number of thiocarbonyl (C=S) groups is 1. The van der Waals surface area contributed by atoms with Crippen molar-refractivity contribution < 1.29 is 4.74 Å². The molecule has 0 saturated carbocycles. The molecule has 0 spiro atoms. The van der Waals surface area contributed by atoms with Gasteiger partial charge in [0.15, 0.2) is 10.6 Å². The number of anilines is 1. The van der Waals surface area contributed by atoms with Crippen LogP contribution in [-0.2, 0) is 7.05 Å². The Labute approximate surface area is 162 Å². The summed E-state index contributed by atoms with van der Waals surface area (Å²) in [6.07, 6.45) is 0. The van der Waals surface area contributed by atoms with Gasteiger partial charge in [-0.2, -0.15) is 5.10 Å². The average Bonchev–Trinajstić information content (AvgIpc) is 2.95. The van der Waals surface area contributed by atoms with Gasteiger partial charge in [0.1, 0.15) is 17.1 Å². The van der Waals surface area contributed by atoms with Gasteiger partial charge >= 0.3 is 0 Å². The Balaban J connectivity index is 2.22. The van der Waals surface area contributed by atoms with Crippen LogP contribution in [-0.4, -0.2) is 45.6 Å². The molecular formula is C18H22N6O2S. The van der Waals surface area contributed by atoms with Gasteiger partial charge in [-0.05, 0) is 44.3 Å². The Morgan fingerprint density at radius 3 is 2.85 bits per heavy atom. The van der Waals surface area contributed by atoms with Crippen LogP contribution in [0.2, 0.25) is 0 Å². The molecule has 2 aromatic heterocycles. The molecule has 0 radical (unpaired) electrons. The molecule has 0 fully saturated rings. The molecule has 1 aromatic carbocycles. The maximum absolute atomic E-state index is 12.6. The number of hydrogen-bond acceptors (Lipinski definition) is 5. The lowest BCUT2D eigenvalue weighted by Crippen LogP contribution is -2.34. The van der Waals surface area contributed by atoms with E-state index in [1.165, 1.54) is 0 Å². The molecule has 9 heteroatoms. The molecule has 3 aromatic rings. The van der Waals surface area contributed by atoms with Crippen molar-refractivity contribution in [3.8, 4) is 17.1 Å². The summed E-state index contributed by atoms with van der Waals surface area (Å²) in [6.45, 7) is 4.23. The molecule has 2 N–H and O–H groups in total. The number of benzene rings is 1. The first-order chi connectivity index (χ1) is 12.9. The van der Waals surface area contributed by atoms with Crippen molar-refractivity contribution in [3.63, 3.8) is 0 Å². The lowest BCUT2D eigenvalue weighted by Gasteiger charge is -2.21. The number of hydrogen-bond donors (Lipinski definition) is 2. The Morgan fingerprint density at radius 1 is 1.44 bits per heavy atom. The van der Waals surface area contributed by atoms with E-state index in [4.69, 9.17) is 17.0 Å². The van der Waals surface area contributed by atoms with Crippen LogP contribution < -0.4 is 20.5 Å². The second kappa shape index (κ2) is 7.36. The largest absolute Gasteiger partial charge is 0.493 e. The molecule has 142 valence electrons. The van der Waals surface area contributed by atoms with E-state index in [2.05, 4.69) is 20.4 Å². The zero-order valence-electron chi connectivity index (χ0n) is 16.0. The molecular weight excluding hydrogens is 364 g/mol. The van der Waals surface area contributed by atoms with Crippen LogP contribution in [0, 0.1) is 6.92 Å². The highest BCUT2D eigenvalue weighted by Crippen LogP contribution is 2.32. The third-order valence-corrected chi connectivity index (χ3v) is 4.76. The first kappa shape index (κ1) is 18.8. The van der Waals surface area contributed by atoms with Crippen molar-refractivity contribution in [3.05, 3.63) is 34.2 Å². The topological polar surface area (TPSA) is 88.1 Å². The highest BCUT2D eigenvalue weighted by Gasteiger charge is 2.17.